The average molecular weight is 177 g/mol. The zero-order chi connectivity index (χ0) is 9.42. The zero-order valence-corrected chi connectivity index (χ0v) is 7.82. The molecule has 0 bridgehead atoms. The van der Waals surface area contributed by atoms with Crippen LogP contribution in [0.5, 0.6) is 0 Å². The summed E-state index contributed by atoms with van der Waals surface area (Å²) in [5, 5.41) is 1.01. The summed E-state index contributed by atoms with van der Waals surface area (Å²) in [6.07, 6.45) is 2.89. The fraction of sp³-hybridized carbons (Fsp3) is 0.273. The summed E-state index contributed by atoms with van der Waals surface area (Å²) >= 11 is 0. The van der Waals surface area contributed by atoms with Crippen molar-refractivity contribution in [3.05, 3.63) is 35.3 Å². The molecule has 0 saturated carbocycles. The van der Waals surface area contributed by atoms with E-state index in [4.69, 9.17) is 0 Å². The Bertz CT molecular complexity index is 443. The molecular weight excluding hydrogens is 165 g/mol. The van der Waals surface area contributed by atoms with Gasteiger partial charge < -0.3 is 4.98 Å². The molecule has 0 atom stereocenters. The van der Waals surface area contributed by atoms with E-state index < -0.39 is 0 Å². The van der Waals surface area contributed by atoms with E-state index in [0.29, 0.717) is 0 Å². The Morgan fingerprint density at radius 2 is 2.15 bits per heavy atom. The number of halogens is 1. The van der Waals surface area contributed by atoms with Crippen molar-refractivity contribution in [2.75, 3.05) is 0 Å². The quantitative estimate of drug-likeness (QED) is 0.688. The molecule has 0 radical (unpaired) electrons. The molecule has 0 spiro atoms. The van der Waals surface area contributed by atoms with Gasteiger partial charge in [0.1, 0.15) is 5.82 Å². The maximum atomic E-state index is 13.1. The molecule has 2 rings (SSSR count). The van der Waals surface area contributed by atoms with Crippen LogP contribution >= 0.6 is 0 Å². The third kappa shape index (κ3) is 1.22. The van der Waals surface area contributed by atoms with Crippen LogP contribution < -0.4 is 0 Å². The summed E-state index contributed by atoms with van der Waals surface area (Å²) < 4.78 is 13.1. The van der Waals surface area contributed by atoms with E-state index in [1.54, 1.807) is 12.1 Å². The van der Waals surface area contributed by atoms with Crippen molar-refractivity contribution >= 4 is 10.9 Å². The third-order valence-corrected chi connectivity index (χ3v) is 2.42. The Kier molecular flexibility index (Phi) is 1.83. The first kappa shape index (κ1) is 8.30. The van der Waals surface area contributed by atoms with Crippen LogP contribution in [0.1, 0.15) is 18.1 Å². The lowest BCUT2D eigenvalue weighted by Crippen LogP contribution is -1.81. The van der Waals surface area contributed by atoms with E-state index in [1.807, 2.05) is 13.1 Å². The number of aryl methyl sites for hydroxylation is 2. The van der Waals surface area contributed by atoms with Crippen LogP contribution in [0.25, 0.3) is 10.9 Å². The third-order valence-electron chi connectivity index (χ3n) is 2.42. The number of hydrogen-bond donors (Lipinski definition) is 1. The highest BCUT2D eigenvalue weighted by molar-refractivity contribution is 5.85. The number of hydrogen-bond acceptors (Lipinski definition) is 0. The van der Waals surface area contributed by atoms with E-state index in [0.717, 1.165) is 22.9 Å². The van der Waals surface area contributed by atoms with Crippen LogP contribution in [0.3, 0.4) is 0 Å². The molecule has 0 saturated heterocycles. The number of H-pyrrole nitrogens is 1. The van der Waals surface area contributed by atoms with Crippen LogP contribution in [0.15, 0.2) is 18.3 Å². The van der Waals surface area contributed by atoms with Crippen LogP contribution in [-0.4, -0.2) is 4.98 Å². The first-order valence-electron chi connectivity index (χ1n) is 4.48. The van der Waals surface area contributed by atoms with Gasteiger partial charge in [0.25, 0.3) is 0 Å². The molecule has 0 aliphatic rings. The molecule has 0 aliphatic heterocycles. The standard InChI is InChI=1S/C11H12FN/c1-3-8-6-13-11-7(2)4-9(12)5-10(8)11/h4-6,13H,3H2,1-2H3. The van der Waals surface area contributed by atoms with E-state index in [9.17, 15) is 4.39 Å². The molecule has 0 aliphatic carbocycles. The fourth-order valence-electron chi connectivity index (χ4n) is 1.72. The van der Waals surface area contributed by atoms with Gasteiger partial charge in [0.15, 0.2) is 0 Å². The minimum Gasteiger partial charge on any atom is -0.361 e. The maximum Gasteiger partial charge on any atom is 0.124 e. The monoisotopic (exact) mass is 177 g/mol. The van der Waals surface area contributed by atoms with Crippen LogP contribution in [0.4, 0.5) is 4.39 Å². The van der Waals surface area contributed by atoms with Crippen molar-refractivity contribution in [2.24, 2.45) is 0 Å². The summed E-state index contributed by atoms with van der Waals surface area (Å²) in [5.41, 5.74) is 3.20. The Hall–Kier alpha value is -1.31. The number of aromatic amines is 1. The maximum absolute atomic E-state index is 13.1. The lowest BCUT2D eigenvalue weighted by atomic mass is 10.1. The van der Waals surface area contributed by atoms with Gasteiger partial charge in [0.05, 0.1) is 0 Å². The van der Waals surface area contributed by atoms with Gasteiger partial charge in [0.2, 0.25) is 0 Å². The van der Waals surface area contributed by atoms with Crippen molar-refractivity contribution in [3.63, 3.8) is 0 Å². The molecule has 1 nitrogen and oxygen atoms in total. The topological polar surface area (TPSA) is 15.8 Å². The highest BCUT2D eigenvalue weighted by Crippen LogP contribution is 2.22. The summed E-state index contributed by atoms with van der Waals surface area (Å²) in [5.74, 6) is -0.153. The molecule has 0 fully saturated rings. The van der Waals surface area contributed by atoms with E-state index >= 15 is 0 Å². The van der Waals surface area contributed by atoms with Crippen molar-refractivity contribution in [3.8, 4) is 0 Å². The van der Waals surface area contributed by atoms with Gasteiger partial charge in [-0.25, -0.2) is 4.39 Å². The lowest BCUT2D eigenvalue weighted by Gasteiger charge is -1.98. The molecular formula is C11H12FN. The van der Waals surface area contributed by atoms with E-state index in [-0.39, 0.29) is 5.82 Å². The Balaban J connectivity index is 2.82. The number of aromatic nitrogens is 1. The van der Waals surface area contributed by atoms with Gasteiger partial charge in [-0.2, -0.15) is 0 Å². The predicted octanol–water partition coefficient (Wildman–Crippen LogP) is 3.18. The largest absolute Gasteiger partial charge is 0.361 e. The number of fused-ring (bicyclic) bond motifs is 1. The van der Waals surface area contributed by atoms with Crippen LogP contribution in [0, 0.1) is 12.7 Å². The molecule has 68 valence electrons. The molecule has 2 heteroatoms. The second-order valence-corrected chi connectivity index (χ2v) is 3.31. The molecule has 1 aromatic heterocycles. The lowest BCUT2D eigenvalue weighted by molar-refractivity contribution is 0.628. The first-order chi connectivity index (χ1) is 6.22. The predicted molar refractivity (Wildman–Crippen MR) is 52.4 cm³/mol. The Morgan fingerprint density at radius 3 is 2.85 bits per heavy atom. The van der Waals surface area contributed by atoms with Gasteiger partial charge >= 0.3 is 0 Å². The minimum absolute atomic E-state index is 0.153. The molecule has 1 heterocycles. The van der Waals surface area contributed by atoms with Crippen LogP contribution in [-0.2, 0) is 6.42 Å². The van der Waals surface area contributed by atoms with Gasteiger partial charge in [0, 0.05) is 17.1 Å². The first-order valence-corrected chi connectivity index (χ1v) is 4.48. The zero-order valence-electron chi connectivity index (χ0n) is 7.82. The minimum atomic E-state index is -0.153. The fourth-order valence-corrected chi connectivity index (χ4v) is 1.72. The van der Waals surface area contributed by atoms with Gasteiger partial charge in [-0.1, -0.05) is 6.92 Å². The number of benzene rings is 1. The molecule has 1 aromatic carbocycles. The number of rotatable bonds is 1. The van der Waals surface area contributed by atoms with E-state index in [2.05, 4.69) is 11.9 Å². The summed E-state index contributed by atoms with van der Waals surface area (Å²) in [4.78, 5) is 3.17. The van der Waals surface area contributed by atoms with Crippen molar-refractivity contribution in [1.82, 2.24) is 4.98 Å². The number of nitrogens with one attached hydrogen (secondary N) is 1. The summed E-state index contributed by atoms with van der Waals surface area (Å²) in [7, 11) is 0. The summed E-state index contributed by atoms with van der Waals surface area (Å²) in [6.45, 7) is 3.99. The highest BCUT2D eigenvalue weighted by atomic mass is 19.1. The van der Waals surface area contributed by atoms with Crippen LogP contribution in [0.2, 0.25) is 0 Å². The van der Waals surface area contributed by atoms with E-state index in [1.165, 1.54) is 5.56 Å². The van der Waals surface area contributed by atoms with Gasteiger partial charge in [-0.05, 0) is 36.6 Å². The Morgan fingerprint density at radius 1 is 1.38 bits per heavy atom. The smallest absolute Gasteiger partial charge is 0.124 e. The van der Waals surface area contributed by atoms with Gasteiger partial charge in [-0.3, -0.25) is 0 Å². The molecule has 0 unspecified atom stereocenters. The SMILES string of the molecule is CCc1c[nH]c2c(C)cc(F)cc12. The average Bonchev–Trinajstić information content (AvgIpc) is 2.47. The molecule has 13 heavy (non-hydrogen) atoms. The van der Waals surface area contributed by atoms with Crippen molar-refractivity contribution in [2.45, 2.75) is 20.3 Å². The van der Waals surface area contributed by atoms with Gasteiger partial charge in [-0.15, -0.1) is 0 Å². The Labute approximate surface area is 76.6 Å². The molecule has 1 N–H and O–H groups in total. The molecule has 2 aromatic rings. The highest BCUT2D eigenvalue weighted by Gasteiger charge is 2.05. The second kappa shape index (κ2) is 2.87. The van der Waals surface area contributed by atoms with Crippen molar-refractivity contribution < 1.29 is 4.39 Å². The second-order valence-electron chi connectivity index (χ2n) is 3.31. The summed E-state index contributed by atoms with van der Waals surface area (Å²) in [6, 6.07) is 3.15. The molecule has 0 amide bonds. The van der Waals surface area contributed by atoms with Crippen molar-refractivity contribution in [1.29, 1.82) is 0 Å². The normalized spacial score (nSPS) is 11.0.